The summed E-state index contributed by atoms with van der Waals surface area (Å²) < 4.78 is 7.41. The predicted molar refractivity (Wildman–Crippen MR) is 112 cm³/mol. The van der Waals surface area contributed by atoms with Crippen molar-refractivity contribution < 1.29 is 9.53 Å². The van der Waals surface area contributed by atoms with Gasteiger partial charge in [0.1, 0.15) is 5.75 Å². The molecule has 1 atom stereocenters. The first-order valence-electron chi connectivity index (χ1n) is 9.71. The molecule has 2 heterocycles. The standard InChI is InChI=1S/C20H29N5O2.ClH/c1-4-14(2)16-7-5-6-8-17(16)27-13-18(26)22-20-23-19(24-25(20)3)15-9-11-21-12-10-15;/h5-8,14-15,21H,4,9-13H2,1-3H3,(H,22,23,24,26);1H. The molecule has 1 saturated heterocycles. The highest BCUT2D eigenvalue weighted by Gasteiger charge is 2.21. The number of amides is 1. The van der Waals surface area contributed by atoms with Gasteiger partial charge in [0.25, 0.3) is 5.91 Å². The van der Waals surface area contributed by atoms with E-state index in [0.29, 0.717) is 17.8 Å². The van der Waals surface area contributed by atoms with Crippen LogP contribution in [0, 0.1) is 0 Å². The minimum Gasteiger partial charge on any atom is -0.483 e. The van der Waals surface area contributed by atoms with Crippen molar-refractivity contribution in [1.82, 2.24) is 20.1 Å². The van der Waals surface area contributed by atoms with Gasteiger partial charge in [-0.05, 0) is 49.9 Å². The van der Waals surface area contributed by atoms with Crippen molar-refractivity contribution in [2.75, 3.05) is 25.0 Å². The van der Waals surface area contributed by atoms with Crippen LogP contribution in [-0.4, -0.2) is 40.4 Å². The molecule has 0 radical (unpaired) electrons. The second kappa shape index (κ2) is 10.4. The van der Waals surface area contributed by atoms with E-state index in [1.165, 1.54) is 0 Å². The third-order valence-electron chi connectivity index (χ3n) is 5.16. The van der Waals surface area contributed by atoms with Gasteiger partial charge in [-0.15, -0.1) is 12.4 Å². The summed E-state index contributed by atoms with van der Waals surface area (Å²) >= 11 is 0. The quantitative estimate of drug-likeness (QED) is 0.736. The molecule has 7 nitrogen and oxygen atoms in total. The lowest BCUT2D eigenvalue weighted by Crippen LogP contribution is -2.27. The van der Waals surface area contributed by atoms with Crippen LogP contribution in [0.5, 0.6) is 5.75 Å². The maximum absolute atomic E-state index is 12.3. The van der Waals surface area contributed by atoms with Crippen molar-refractivity contribution >= 4 is 24.3 Å². The molecule has 0 saturated carbocycles. The minimum atomic E-state index is -0.235. The number of piperidine rings is 1. The Morgan fingerprint density at radius 3 is 2.79 bits per heavy atom. The van der Waals surface area contributed by atoms with Crippen molar-refractivity contribution in [3.8, 4) is 5.75 Å². The number of hydrogen-bond acceptors (Lipinski definition) is 5. The van der Waals surface area contributed by atoms with Crippen LogP contribution < -0.4 is 15.4 Å². The number of anilines is 1. The van der Waals surface area contributed by atoms with E-state index < -0.39 is 0 Å². The van der Waals surface area contributed by atoms with Crippen molar-refractivity contribution in [1.29, 1.82) is 0 Å². The van der Waals surface area contributed by atoms with E-state index in [0.717, 1.165) is 49.5 Å². The average molecular weight is 408 g/mol. The van der Waals surface area contributed by atoms with E-state index in [2.05, 4.69) is 40.6 Å². The SMILES string of the molecule is CCC(C)c1ccccc1OCC(=O)Nc1nc(C2CCNCC2)nn1C.Cl. The zero-order valence-corrected chi connectivity index (χ0v) is 17.6. The van der Waals surface area contributed by atoms with Crippen molar-refractivity contribution in [3.05, 3.63) is 35.7 Å². The monoisotopic (exact) mass is 407 g/mol. The largest absolute Gasteiger partial charge is 0.483 e. The van der Waals surface area contributed by atoms with Crippen LogP contribution in [0.1, 0.15) is 56.3 Å². The Kier molecular flexibility index (Phi) is 8.26. The van der Waals surface area contributed by atoms with Gasteiger partial charge < -0.3 is 10.1 Å². The number of carbonyl (C=O) groups is 1. The van der Waals surface area contributed by atoms with Gasteiger partial charge in [-0.25, -0.2) is 4.68 Å². The zero-order chi connectivity index (χ0) is 19.2. The molecular formula is C20H30ClN5O2. The average Bonchev–Trinajstić information content (AvgIpc) is 3.07. The summed E-state index contributed by atoms with van der Waals surface area (Å²) in [6, 6.07) is 7.88. The van der Waals surface area contributed by atoms with E-state index in [1.807, 2.05) is 18.2 Å². The lowest BCUT2D eigenvalue weighted by Gasteiger charge is -2.19. The van der Waals surface area contributed by atoms with Crippen LogP contribution in [0.25, 0.3) is 0 Å². The number of hydrogen-bond donors (Lipinski definition) is 2. The number of aryl methyl sites for hydroxylation is 1. The van der Waals surface area contributed by atoms with Gasteiger partial charge in [-0.1, -0.05) is 32.0 Å². The maximum atomic E-state index is 12.3. The second-order valence-corrected chi connectivity index (χ2v) is 7.13. The Morgan fingerprint density at radius 2 is 2.07 bits per heavy atom. The van der Waals surface area contributed by atoms with Crippen molar-refractivity contribution in [2.24, 2.45) is 7.05 Å². The van der Waals surface area contributed by atoms with E-state index in [1.54, 1.807) is 11.7 Å². The van der Waals surface area contributed by atoms with Gasteiger partial charge in [0.2, 0.25) is 5.95 Å². The molecule has 3 rings (SSSR count). The highest BCUT2D eigenvalue weighted by Crippen LogP contribution is 2.28. The Morgan fingerprint density at radius 1 is 1.36 bits per heavy atom. The number of para-hydroxylation sites is 1. The first kappa shape index (κ1) is 22.2. The Labute approximate surface area is 172 Å². The van der Waals surface area contributed by atoms with Crippen LogP contribution in [-0.2, 0) is 11.8 Å². The zero-order valence-electron chi connectivity index (χ0n) is 16.8. The number of aromatic nitrogens is 3. The summed E-state index contributed by atoms with van der Waals surface area (Å²) in [5, 5.41) is 10.6. The summed E-state index contributed by atoms with van der Waals surface area (Å²) in [7, 11) is 1.80. The van der Waals surface area contributed by atoms with Gasteiger partial charge >= 0.3 is 0 Å². The molecule has 1 aromatic carbocycles. The third-order valence-corrected chi connectivity index (χ3v) is 5.16. The molecule has 0 spiro atoms. The minimum absolute atomic E-state index is 0. The molecule has 1 aromatic heterocycles. The van der Waals surface area contributed by atoms with Crippen molar-refractivity contribution in [3.63, 3.8) is 0 Å². The first-order valence-corrected chi connectivity index (χ1v) is 9.71. The Bertz CT molecular complexity index is 774. The molecule has 2 N–H and O–H groups in total. The smallest absolute Gasteiger partial charge is 0.264 e. The number of benzene rings is 1. The molecule has 28 heavy (non-hydrogen) atoms. The molecule has 2 aromatic rings. The number of halogens is 1. The van der Waals surface area contributed by atoms with Gasteiger partial charge in [0.15, 0.2) is 12.4 Å². The number of rotatable bonds is 7. The highest BCUT2D eigenvalue weighted by atomic mass is 35.5. The summed E-state index contributed by atoms with van der Waals surface area (Å²) in [5.41, 5.74) is 1.12. The molecule has 1 unspecified atom stereocenters. The van der Waals surface area contributed by atoms with Gasteiger partial charge in [0, 0.05) is 13.0 Å². The molecule has 1 fully saturated rings. The van der Waals surface area contributed by atoms with Crippen molar-refractivity contribution in [2.45, 2.75) is 44.9 Å². The number of ether oxygens (including phenoxy) is 1. The van der Waals surface area contributed by atoms with Gasteiger partial charge in [-0.2, -0.15) is 10.1 Å². The maximum Gasteiger partial charge on any atom is 0.264 e. The lowest BCUT2D eigenvalue weighted by atomic mass is 9.98. The summed E-state index contributed by atoms with van der Waals surface area (Å²) in [5.74, 6) is 2.53. The lowest BCUT2D eigenvalue weighted by molar-refractivity contribution is -0.118. The molecular weight excluding hydrogens is 378 g/mol. The van der Waals surface area contributed by atoms with Gasteiger partial charge in [-0.3, -0.25) is 10.1 Å². The molecule has 154 valence electrons. The molecule has 0 aliphatic carbocycles. The molecule has 1 aliphatic heterocycles. The summed E-state index contributed by atoms with van der Waals surface area (Å²) in [6.07, 6.45) is 3.06. The van der Waals surface area contributed by atoms with E-state index in [4.69, 9.17) is 4.74 Å². The first-order chi connectivity index (χ1) is 13.1. The topological polar surface area (TPSA) is 81.1 Å². The normalized spacial score (nSPS) is 15.5. The van der Waals surface area contributed by atoms with E-state index in [9.17, 15) is 4.79 Å². The van der Waals surface area contributed by atoms with E-state index in [-0.39, 0.29) is 24.9 Å². The number of carbonyl (C=O) groups excluding carboxylic acids is 1. The van der Waals surface area contributed by atoms with Crippen LogP contribution in [0.4, 0.5) is 5.95 Å². The van der Waals surface area contributed by atoms with Crippen LogP contribution in [0.15, 0.2) is 24.3 Å². The fourth-order valence-corrected chi connectivity index (χ4v) is 3.31. The van der Waals surface area contributed by atoms with Gasteiger partial charge in [0.05, 0.1) is 0 Å². The molecule has 1 aliphatic rings. The number of nitrogens with one attached hydrogen (secondary N) is 2. The predicted octanol–water partition coefficient (Wildman–Crippen LogP) is 3.23. The summed E-state index contributed by atoms with van der Waals surface area (Å²) in [4.78, 5) is 16.9. The second-order valence-electron chi connectivity index (χ2n) is 7.13. The Balaban J connectivity index is 0.00000280. The Hall–Kier alpha value is -2.12. The van der Waals surface area contributed by atoms with E-state index >= 15 is 0 Å². The molecule has 0 bridgehead atoms. The van der Waals surface area contributed by atoms with Crippen LogP contribution >= 0.6 is 12.4 Å². The molecule has 1 amide bonds. The highest BCUT2D eigenvalue weighted by molar-refractivity contribution is 5.90. The van der Waals surface area contributed by atoms with Crippen LogP contribution in [0.3, 0.4) is 0 Å². The van der Waals surface area contributed by atoms with Crippen LogP contribution in [0.2, 0.25) is 0 Å². The fraction of sp³-hybridized carbons (Fsp3) is 0.550. The molecule has 8 heteroatoms. The summed E-state index contributed by atoms with van der Waals surface area (Å²) in [6.45, 7) is 6.21. The fourth-order valence-electron chi connectivity index (χ4n) is 3.31. The number of nitrogens with zero attached hydrogens (tertiary/aromatic N) is 3. The third kappa shape index (κ3) is 5.45.